The van der Waals surface area contributed by atoms with Gasteiger partial charge in [0.15, 0.2) is 0 Å². The summed E-state index contributed by atoms with van der Waals surface area (Å²) < 4.78 is 0. The van der Waals surface area contributed by atoms with E-state index < -0.39 is 11.4 Å². The number of hydrogen-bond donors (Lipinski definition) is 1. The van der Waals surface area contributed by atoms with Gasteiger partial charge in [0.2, 0.25) is 0 Å². The molecule has 1 saturated heterocycles. The second kappa shape index (κ2) is 6.07. The molecule has 5 nitrogen and oxygen atoms in total. The number of aliphatic carboxylic acids is 1. The number of urea groups is 1. The molecule has 0 bridgehead atoms. The molecule has 0 aromatic carbocycles. The fraction of sp³-hybridized carbons (Fsp3) is 0.846. The SMILES string of the molecule is CCCC1(C(=O)O)CCN(C(=O)N(CC)CC)C1. The molecule has 5 heteroatoms. The summed E-state index contributed by atoms with van der Waals surface area (Å²) in [5.41, 5.74) is -0.725. The lowest BCUT2D eigenvalue weighted by molar-refractivity contribution is -0.148. The minimum absolute atomic E-state index is 0.0285. The summed E-state index contributed by atoms with van der Waals surface area (Å²) in [5, 5.41) is 9.40. The Morgan fingerprint density at radius 2 is 1.89 bits per heavy atom. The quantitative estimate of drug-likeness (QED) is 0.818. The third kappa shape index (κ3) is 2.76. The highest BCUT2D eigenvalue weighted by molar-refractivity contribution is 5.79. The van der Waals surface area contributed by atoms with Crippen LogP contribution in [0.2, 0.25) is 0 Å². The van der Waals surface area contributed by atoms with Gasteiger partial charge in [0.1, 0.15) is 0 Å². The second-order valence-corrected chi connectivity index (χ2v) is 4.96. The summed E-state index contributed by atoms with van der Waals surface area (Å²) >= 11 is 0. The van der Waals surface area contributed by atoms with Crippen molar-refractivity contribution in [3.63, 3.8) is 0 Å². The lowest BCUT2D eigenvalue weighted by Gasteiger charge is -2.28. The molecule has 0 radical (unpaired) electrons. The topological polar surface area (TPSA) is 60.9 Å². The molecule has 0 aromatic rings. The van der Waals surface area contributed by atoms with Crippen LogP contribution in [0, 0.1) is 5.41 Å². The fourth-order valence-electron chi connectivity index (χ4n) is 2.69. The lowest BCUT2D eigenvalue weighted by atomic mass is 9.83. The Morgan fingerprint density at radius 1 is 1.28 bits per heavy atom. The van der Waals surface area contributed by atoms with Crippen molar-refractivity contribution in [2.45, 2.75) is 40.0 Å². The molecule has 0 aromatic heterocycles. The molecule has 2 amide bonds. The van der Waals surface area contributed by atoms with Gasteiger partial charge >= 0.3 is 12.0 Å². The molecule has 1 aliphatic rings. The van der Waals surface area contributed by atoms with Gasteiger partial charge in [-0.25, -0.2) is 4.79 Å². The van der Waals surface area contributed by atoms with Crippen LogP contribution in [0.25, 0.3) is 0 Å². The minimum atomic E-state index is -0.765. The van der Waals surface area contributed by atoms with E-state index in [1.165, 1.54) is 0 Å². The summed E-state index contributed by atoms with van der Waals surface area (Å²) in [6, 6.07) is -0.0285. The number of carbonyl (C=O) groups is 2. The summed E-state index contributed by atoms with van der Waals surface area (Å²) in [5.74, 6) is -0.765. The van der Waals surface area contributed by atoms with Crippen LogP contribution in [0.4, 0.5) is 4.79 Å². The van der Waals surface area contributed by atoms with Crippen molar-refractivity contribution in [1.29, 1.82) is 0 Å². The predicted octanol–water partition coefficient (Wildman–Crippen LogP) is 2.03. The zero-order valence-corrected chi connectivity index (χ0v) is 11.6. The molecule has 1 aliphatic heterocycles. The van der Waals surface area contributed by atoms with Gasteiger partial charge in [-0.15, -0.1) is 0 Å². The number of amides is 2. The first-order chi connectivity index (χ1) is 8.50. The molecule has 104 valence electrons. The zero-order chi connectivity index (χ0) is 13.8. The highest BCUT2D eigenvalue weighted by atomic mass is 16.4. The zero-order valence-electron chi connectivity index (χ0n) is 11.6. The summed E-state index contributed by atoms with van der Waals surface area (Å²) in [7, 11) is 0. The van der Waals surface area contributed by atoms with E-state index in [1.54, 1.807) is 9.80 Å². The van der Waals surface area contributed by atoms with E-state index in [1.807, 2.05) is 20.8 Å². The van der Waals surface area contributed by atoms with Crippen molar-refractivity contribution >= 4 is 12.0 Å². The van der Waals surface area contributed by atoms with Gasteiger partial charge in [-0.2, -0.15) is 0 Å². The van der Waals surface area contributed by atoms with Gasteiger partial charge in [0.25, 0.3) is 0 Å². The van der Waals surface area contributed by atoms with Gasteiger partial charge in [0.05, 0.1) is 5.41 Å². The predicted molar refractivity (Wildman–Crippen MR) is 69.5 cm³/mol. The van der Waals surface area contributed by atoms with Gasteiger partial charge in [-0.1, -0.05) is 13.3 Å². The third-order valence-corrected chi connectivity index (χ3v) is 3.84. The van der Waals surface area contributed by atoms with E-state index in [4.69, 9.17) is 0 Å². The average molecular weight is 256 g/mol. The molecule has 1 atom stereocenters. The second-order valence-electron chi connectivity index (χ2n) is 4.96. The lowest BCUT2D eigenvalue weighted by Crippen LogP contribution is -2.44. The van der Waals surface area contributed by atoms with E-state index in [-0.39, 0.29) is 6.03 Å². The van der Waals surface area contributed by atoms with Crippen LogP contribution < -0.4 is 0 Å². The number of carbonyl (C=O) groups excluding carboxylic acids is 1. The standard InChI is InChI=1S/C13H24N2O3/c1-4-7-13(11(16)17)8-9-15(10-13)12(18)14(5-2)6-3/h4-10H2,1-3H3,(H,16,17). The maximum atomic E-state index is 12.2. The Labute approximate surface area is 109 Å². The Kier molecular flexibility index (Phi) is 4.99. The number of rotatable bonds is 5. The molecule has 0 aliphatic carbocycles. The number of nitrogens with zero attached hydrogens (tertiary/aromatic N) is 2. The van der Waals surface area contributed by atoms with E-state index in [9.17, 15) is 14.7 Å². The first-order valence-electron chi connectivity index (χ1n) is 6.78. The molecule has 1 heterocycles. The summed E-state index contributed by atoms with van der Waals surface area (Å²) in [6.45, 7) is 8.11. The normalized spacial score (nSPS) is 23.2. The number of likely N-dealkylation sites (tertiary alicyclic amines) is 1. The largest absolute Gasteiger partial charge is 0.481 e. The smallest absolute Gasteiger partial charge is 0.320 e. The van der Waals surface area contributed by atoms with Crippen LogP contribution in [-0.4, -0.2) is 53.1 Å². The van der Waals surface area contributed by atoms with Crippen molar-refractivity contribution in [1.82, 2.24) is 9.80 Å². The highest BCUT2D eigenvalue weighted by Crippen LogP contribution is 2.35. The van der Waals surface area contributed by atoms with Gasteiger partial charge < -0.3 is 14.9 Å². The number of carboxylic acids is 1. The van der Waals surface area contributed by atoms with Crippen molar-refractivity contribution in [2.75, 3.05) is 26.2 Å². The van der Waals surface area contributed by atoms with E-state index in [0.717, 1.165) is 6.42 Å². The Balaban J connectivity index is 2.74. The monoisotopic (exact) mass is 256 g/mol. The maximum Gasteiger partial charge on any atom is 0.320 e. The van der Waals surface area contributed by atoms with Crippen molar-refractivity contribution in [3.05, 3.63) is 0 Å². The Morgan fingerprint density at radius 3 is 2.33 bits per heavy atom. The molecular weight excluding hydrogens is 232 g/mol. The molecule has 1 rings (SSSR count). The first kappa shape index (κ1) is 14.8. The van der Waals surface area contributed by atoms with Crippen LogP contribution in [0.15, 0.2) is 0 Å². The minimum Gasteiger partial charge on any atom is -0.481 e. The van der Waals surface area contributed by atoms with E-state index in [0.29, 0.717) is 39.0 Å². The van der Waals surface area contributed by atoms with Gasteiger partial charge in [-0.05, 0) is 26.7 Å². The summed E-state index contributed by atoms with van der Waals surface area (Å²) in [4.78, 5) is 27.1. The van der Waals surface area contributed by atoms with Crippen LogP contribution in [0.3, 0.4) is 0 Å². The first-order valence-corrected chi connectivity index (χ1v) is 6.78. The third-order valence-electron chi connectivity index (χ3n) is 3.84. The van der Waals surface area contributed by atoms with Crippen molar-refractivity contribution in [2.24, 2.45) is 5.41 Å². The summed E-state index contributed by atoms with van der Waals surface area (Å²) in [6.07, 6.45) is 2.05. The van der Waals surface area contributed by atoms with Crippen LogP contribution in [0.1, 0.15) is 40.0 Å². The van der Waals surface area contributed by atoms with E-state index in [2.05, 4.69) is 0 Å². The molecule has 0 saturated carbocycles. The van der Waals surface area contributed by atoms with E-state index >= 15 is 0 Å². The molecule has 1 fully saturated rings. The molecule has 1 unspecified atom stereocenters. The fourth-order valence-corrected chi connectivity index (χ4v) is 2.69. The number of hydrogen-bond acceptors (Lipinski definition) is 2. The van der Waals surface area contributed by atoms with Crippen LogP contribution >= 0.6 is 0 Å². The highest BCUT2D eigenvalue weighted by Gasteiger charge is 2.45. The van der Waals surface area contributed by atoms with Crippen LogP contribution in [-0.2, 0) is 4.79 Å². The maximum absolute atomic E-state index is 12.2. The van der Waals surface area contributed by atoms with Crippen molar-refractivity contribution in [3.8, 4) is 0 Å². The van der Waals surface area contributed by atoms with Gasteiger partial charge in [0, 0.05) is 26.2 Å². The Bertz CT molecular complexity index is 315. The molecular formula is C13H24N2O3. The Hall–Kier alpha value is -1.26. The van der Waals surface area contributed by atoms with Gasteiger partial charge in [-0.3, -0.25) is 4.79 Å². The average Bonchev–Trinajstić information content (AvgIpc) is 2.76. The molecule has 1 N–H and O–H groups in total. The molecule has 0 spiro atoms. The number of carboxylic acid groups (broad SMARTS) is 1. The van der Waals surface area contributed by atoms with Crippen molar-refractivity contribution < 1.29 is 14.7 Å². The molecule has 18 heavy (non-hydrogen) atoms. The van der Waals surface area contributed by atoms with Crippen LogP contribution in [0.5, 0.6) is 0 Å².